The third-order valence-electron chi connectivity index (χ3n) is 2.33. The Bertz CT molecular complexity index is 187. The first kappa shape index (κ1) is 11.5. The van der Waals surface area contributed by atoms with Crippen molar-refractivity contribution in [2.75, 3.05) is 26.2 Å². The predicted molar refractivity (Wildman–Crippen MR) is 53.2 cm³/mol. The zero-order valence-corrected chi connectivity index (χ0v) is 8.22. The van der Waals surface area contributed by atoms with Gasteiger partial charge < -0.3 is 10.0 Å². The fourth-order valence-electron chi connectivity index (χ4n) is 1.47. The van der Waals surface area contributed by atoms with Crippen LogP contribution >= 0.6 is 0 Å². The van der Waals surface area contributed by atoms with E-state index >= 15 is 0 Å². The van der Waals surface area contributed by atoms with Crippen LogP contribution in [0, 0.1) is 32.9 Å². The summed E-state index contributed by atoms with van der Waals surface area (Å²) in [6, 6.07) is 0. The monoisotopic (exact) mass is 196 g/mol. The van der Waals surface area contributed by atoms with Gasteiger partial charge in [-0.2, -0.15) is 0 Å². The fourth-order valence-corrected chi connectivity index (χ4v) is 1.47. The zero-order valence-electron chi connectivity index (χ0n) is 8.22. The van der Waals surface area contributed by atoms with Crippen LogP contribution in [0.25, 0.3) is 0 Å². The van der Waals surface area contributed by atoms with E-state index in [-0.39, 0.29) is 12.5 Å². The first-order chi connectivity index (χ1) is 6.71. The minimum absolute atomic E-state index is 0.0358. The van der Waals surface area contributed by atoms with Gasteiger partial charge in [0.15, 0.2) is 0 Å². The molecule has 1 N–H and O–H groups in total. The number of hydrogen-bond donors (Lipinski definition) is 1. The molecule has 0 aromatic carbocycles. The Balaban J connectivity index is 2.21. The molecule has 1 rings (SSSR count). The molecule has 0 aliphatic carbocycles. The highest BCUT2D eigenvalue weighted by molar-refractivity contribution is 5.79. The number of amides is 1. The van der Waals surface area contributed by atoms with Gasteiger partial charge in [-0.05, 0) is 13.8 Å². The standard InChI is InChI=1S/C10H16N2O2/c1-3-12(4-2)10(14)7-11-5-9(6-11)8-13/h3-4,9,13H,1-2,5-8H2. The summed E-state index contributed by atoms with van der Waals surface area (Å²) >= 11 is 0. The Morgan fingerprint density at radius 2 is 2.07 bits per heavy atom. The van der Waals surface area contributed by atoms with Gasteiger partial charge in [-0.1, -0.05) is 0 Å². The van der Waals surface area contributed by atoms with Crippen molar-refractivity contribution in [2.45, 2.75) is 0 Å². The summed E-state index contributed by atoms with van der Waals surface area (Å²) in [4.78, 5) is 14.8. The van der Waals surface area contributed by atoms with Crippen molar-refractivity contribution >= 4 is 5.91 Å². The number of aliphatic hydroxyl groups excluding tert-OH is 1. The smallest absolute Gasteiger partial charge is 0.237 e. The molecule has 4 radical (unpaired) electrons. The van der Waals surface area contributed by atoms with Crippen LogP contribution in [-0.4, -0.2) is 47.1 Å². The molecule has 14 heavy (non-hydrogen) atoms. The van der Waals surface area contributed by atoms with E-state index in [0.717, 1.165) is 13.1 Å². The van der Waals surface area contributed by atoms with Gasteiger partial charge in [-0.15, -0.1) is 0 Å². The van der Waals surface area contributed by atoms with Gasteiger partial charge in [-0.3, -0.25) is 9.69 Å². The van der Waals surface area contributed by atoms with Gasteiger partial charge in [0, 0.05) is 25.6 Å². The zero-order chi connectivity index (χ0) is 10.6. The molecule has 0 spiro atoms. The second-order valence-corrected chi connectivity index (χ2v) is 3.41. The van der Waals surface area contributed by atoms with Gasteiger partial charge in [0.05, 0.1) is 19.6 Å². The van der Waals surface area contributed by atoms with Crippen LogP contribution in [0.3, 0.4) is 0 Å². The third kappa shape index (κ3) is 2.69. The van der Waals surface area contributed by atoms with Crippen molar-refractivity contribution in [3.8, 4) is 0 Å². The molecule has 1 fully saturated rings. The van der Waals surface area contributed by atoms with Gasteiger partial charge in [-0.25, -0.2) is 0 Å². The number of aliphatic hydroxyl groups is 1. The quantitative estimate of drug-likeness (QED) is 0.658. The number of likely N-dealkylation sites (tertiary alicyclic amines) is 1. The van der Waals surface area contributed by atoms with E-state index in [4.69, 9.17) is 5.11 Å². The Labute approximate surface area is 85.5 Å². The molecule has 1 aliphatic heterocycles. The summed E-state index contributed by atoms with van der Waals surface area (Å²) in [5.41, 5.74) is 0. The lowest BCUT2D eigenvalue weighted by Crippen LogP contribution is -2.51. The fraction of sp³-hybridized carbons (Fsp3) is 0.500. The van der Waals surface area contributed by atoms with Gasteiger partial charge in [0.1, 0.15) is 0 Å². The van der Waals surface area contributed by atoms with E-state index in [1.807, 2.05) is 4.90 Å². The SMILES string of the molecule is [CH2][CH]N([CH][CH2])C(=O)CN1CC(CO)C1. The molecule has 4 heteroatoms. The van der Waals surface area contributed by atoms with Crippen molar-refractivity contribution in [2.24, 2.45) is 5.92 Å². The summed E-state index contributed by atoms with van der Waals surface area (Å²) in [7, 11) is 0. The first-order valence-electron chi connectivity index (χ1n) is 4.60. The lowest BCUT2D eigenvalue weighted by atomic mass is 10.0. The summed E-state index contributed by atoms with van der Waals surface area (Å²) < 4.78 is 0. The van der Waals surface area contributed by atoms with Crippen molar-refractivity contribution in [1.29, 1.82) is 0 Å². The topological polar surface area (TPSA) is 43.8 Å². The molecule has 4 nitrogen and oxygen atoms in total. The second kappa shape index (κ2) is 5.32. The summed E-state index contributed by atoms with van der Waals surface area (Å²) in [6.45, 7) is 12.1. The van der Waals surface area contributed by atoms with E-state index < -0.39 is 0 Å². The molecule has 0 unspecified atom stereocenters. The van der Waals surface area contributed by atoms with Crippen LogP contribution in [0.4, 0.5) is 0 Å². The normalized spacial score (nSPS) is 17.9. The second-order valence-electron chi connectivity index (χ2n) is 3.41. The van der Waals surface area contributed by atoms with Gasteiger partial charge in [0.2, 0.25) is 5.91 Å². The largest absolute Gasteiger partial charge is 0.396 e. The maximum absolute atomic E-state index is 11.5. The first-order valence-corrected chi connectivity index (χ1v) is 4.60. The maximum atomic E-state index is 11.5. The highest BCUT2D eigenvalue weighted by atomic mass is 16.3. The van der Waals surface area contributed by atoms with Gasteiger partial charge in [0.25, 0.3) is 0 Å². The molecule has 0 aromatic rings. The Morgan fingerprint density at radius 3 is 2.50 bits per heavy atom. The Hall–Kier alpha value is -0.610. The third-order valence-corrected chi connectivity index (χ3v) is 2.33. The van der Waals surface area contributed by atoms with Crippen LogP contribution < -0.4 is 0 Å². The van der Waals surface area contributed by atoms with Crippen LogP contribution in [0.15, 0.2) is 0 Å². The number of carbonyl (C=O) groups excluding carboxylic acids is 1. The predicted octanol–water partition coefficient (Wildman–Crippen LogP) is -0.269. The van der Waals surface area contributed by atoms with Crippen molar-refractivity contribution in [3.05, 3.63) is 26.9 Å². The molecule has 1 saturated heterocycles. The summed E-state index contributed by atoms with van der Waals surface area (Å²) in [5.74, 6) is 0.301. The van der Waals surface area contributed by atoms with Crippen molar-refractivity contribution in [3.63, 3.8) is 0 Å². The highest BCUT2D eigenvalue weighted by Gasteiger charge is 2.28. The lowest BCUT2D eigenvalue weighted by molar-refractivity contribution is -0.131. The average Bonchev–Trinajstić information content (AvgIpc) is 2.12. The van der Waals surface area contributed by atoms with E-state index in [1.165, 1.54) is 18.0 Å². The van der Waals surface area contributed by atoms with Crippen LogP contribution in [0.5, 0.6) is 0 Å². The van der Waals surface area contributed by atoms with Crippen LogP contribution in [0.1, 0.15) is 0 Å². The Kier molecular flexibility index (Phi) is 4.35. The molecule has 0 atom stereocenters. The maximum Gasteiger partial charge on any atom is 0.237 e. The van der Waals surface area contributed by atoms with Crippen molar-refractivity contribution < 1.29 is 9.90 Å². The van der Waals surface area contributed by atoms with E-state index in [2.05, 4.69) is 13.8 Å². The molecule has 0 aromatic heterocycles. The molecule has 78 valence electrons. The number of nitrogens with zero attached hydrogens (tertiary/aromatic N) is 2. The highest BCUT2D eigenvalue weighted by Crippen LogP contribution is 2.14. The molecular formula is C10H16N2O2. The molecule has 1 heterocycles. The summed E-state index contributed by atoms with van der Waals surface area (Å²) in [6.07, 6.45) is 0. The van der Waals surface area contributed by atoms with Crippen molar-refractivity contribution in [1.82, 2.24) is 9.80 Å². The molecular weight excluding hydrogens is 180 g/mol. The van der Waals surface area contributed by atoms with Gasteiger partial charge >= 0.3 is 0 Å². The lowest BCUT2D eigenvalue weighted by Gasteiger charge is -2.38. The van der Waals surface area contributed by atoms with E-state index in [1.54, 1.807) is 0 Å². The van der Waals surface area contributed by atoms with Crippen LogP contribution in [0.2, 0.25) is 0 Å². The summed E-state index contributed by atoms with van der Waals surface area (Å²) in [5, 5.41) is 8.79. The minimum atomic E-state index is -0.0358. The average molecular weight is 196 g/mol. The van der Waals surface area contributed by atoms with Crippen LogP contribution in [-0.2, 0) is 4.79 Å². The number of carbonyl (C=O) groups is 1. The number of rotatable bonds is 5. The molecule has 0 bridgehead atoms. The molecule has 1 aliphatic rings. The Morgan fingerprint density at radius 1 is 1.50 bits per heavy atom. The molecule has 0 saturated carbocycles. The number of hydrogen-bond acceptors (Lipinski definition) is 3. The molecule has 1 amide bonds. The van der Waals surface area contributed by atoms with E-state index in [0.29, 0.717) is 12.5 Å². The minimum Gasteiger partial charge on any atom is -0.396 e. The van der Waals surface area contributed by atoms with E-state index in [9.17, 15) is 4.79 Å².